The van der Waals surface area contributed by atoms with E-state index < -0.39 is 33.8 Å². The van der Waals surface area contributed by atoms with E-state index in [1.165, 1.54) is 18.2 Å². The van der Waals surface area contributed by atoms with Crippen molar-refractivity contribution in [3.05, 3.63) is 54.1 Å². The van der Waals surface area contributed by atoms with Crippen molar-refractivity contribution in [2.45, 2.75) is 6.04 Å². The summed E-state index contributed by atoms with van der Waals surface area (Å²) >= 11 is 0. The molecule has 0 unspecified atom stereocenters. The van der Waals surface area contributed by atoms with Crippen LogP contribution in [0.4, 0.5) is 0 Å². The van der Waals surface area contributed by atoms with Crippen molar-refractivity contribution >= 4 is 22.0 Å². The normalized spacial score (nSPS) is 12.4. The van der Waals surface area contributed by atoms with E-state index in [1.807, 2.05) is 0 Å². The van der Waals surface area contributed by atoms with Crippen LogP contribution in [0, 0.1) is 0 Å². The Labute approximate surface area is 143 Å². The smallest absolute Gasteiger partial charge is 0.327 e. The third-order valence-corrected chi connectivity index (χ3v) is 4.10. The van der Waals surface area contributed by atoms with Crippen molar-refractivity contribution in [1.29, 1.82) is 0 Å². The summed E-state index contributed by atoms with van der Waals surface area (Å²) in [6, 6.07) is 10.6. The summed E-state index contributed by atoms with van der Waals surface area (Å²) in [4.78, 5) is 23.5. The van der Waals surface area contributed by atoms with Gasteiger partial charge in [0.15, 0.2) is 0 Å². The molecule has 1 atom stereocenters. The molecule has 132 valence electrons. The number of benzene rings is 2. The molecule has 0 aromatic heterocycles. The molecule has 0 aliphatic heterocycles. The van der Waals surface area contributed by atoms with Crippen molar-refractivity contribution in [2.24, 2.45) is 0 Å². The average Bonchev–Trinajstić information content (AvgIpc) is 2.53. The second kappa shape index (κ2) is 7.32. The van der Waals surface area contributed by atoms with Crippen molar-refractivity contribution in [3.63, 3.8) is 0 Å². The summed E-state index contributed by atoms with van der Waals surface area (Å²) in [5.74, 6) is -3.69. The molecule has 4 N–H and O–H groups in total. The molecule has 2 rings (SSSR count). The minimum Gasteiger partial charge on any atom is -0.507 e. The van der Waals surface area contributed by atoms with Gasteiger partial charge >= 0.3 is 5.97 Å². The Morgan fingerprint density at radius 1 is 1.00 bits per heavy atom. The second-order valence-corrected chi connectivity index (χ2v) is 6.67. The molecule has 1 amide bonds. The zero-order valence-electron chi connectivity index (χ0n) is 12.8. The number of aliphatic carboxylic acids is 1. The number of phenols is 1. The number of amides is 1. The quantitative estimate of drug-likeness (QED) is 0.562. The van der Waals surface area contributed by atoms with E-state index >= 15 is 0 Å². The number of carbonyl (C=O) groups is 2. The summed E-state index contributed by atoms with van der Waals surface area (Å²) in [6.07, 6.45) is 0. The van der Waals surface area contributed by atoms with Gasteiger partial charge < -0.3 is 15.5 Å². The van der Waals surface area contributed by atoms with Crippen LogP contribution in [0.25, 0.3) is 11.1 Å². The van der Waals surface area contributed by atoms with Gasteiger partial charge in [-0.2, -0.15) is 8.42 Å². The first-order valence-corrected chi connectivity index (χ1v) is 8.66. The van der Waals surface area contributed by atoms with Crippen LogP contribution in [-0.2, 0) is 14.9 Å². The zero-order chi connectivity index (χ0) is 18.6. The first-order valence-electron chi connectivity index (χ1n) is 7.05. The van der Waals surface area contributed by atoms with Gasteiger partial charge in [0.1, 0.15) is 17.5 Å². The molecule has 9 heteroatoms. The van der Waals surface area contributed by atoms with Crippen molar-refractivity contribution in [2.75, 3.05) is 5.75 Å². The number of para-hydroxylation sites is 1. The fourth-order valence-corrected chi connectivity index (χ4v) is 2.89. The molecule has 2 aromatic carbocycles. The van der Waals surface area contributed by atoms with Gasteiger partial charge in [0.25, 0.3) is 16.0 Å². The first-order chi connectivity index (χ1) is 11.7. The highest BCUT2D eigenvalue weighted by Crippen LogP contribution is 2.31. The maximum atomic E-state index is 12.4. The highest BCUT2D eigenvalue weighted by atomic mass is 32.2. The number of carboxylic acid groups (broad SMARTS) is 1. The van der Waals surface area contributed by atoms with Gasteiger partial charge in [-0.3, -0.25) is 9.35 Å². The number of phenolic OH excluding ortho intramolecular Hbond substituents is 1. The average molecular weight is 365 g/mol. The maximum absolute atomic E-state index is 12.4. The van der Waals surface area contributed by atoms with Crippen molar-refractivity contribution in [1.82, 2.24) is 5.32 Å². The second-order valence-electron chi connectivity index (χ2n) is 5.18. The van der Waals surface area contributed by atoms with E-state index in [0.717, 1.165) is 0 Å². The SMILES string of the molecule is O=C(N[C@@H](CS(=O)(=O)O)C(=O)O)c1ccccc1-c1ccccc1O. The number of nitrogens with one attached hydrogen (secondary N) is 1. The zero-order valence-corrected chi connectivity index (χ0v) is 13.6. The Morgan fingerprint density at radius 3 is 2.12 bits per heavy atom. The molecule has 25 heavy (non-hydrogen) atoms. The van der Waals surface area contributed by atoms with Crippen LogP contribution in [0.15, 0.2) is 48.5 Å². The lowest BCUT2D eigenvalue weighted by Gasteiger charge is -2.15. The van der Waals surface area contributed by atoms with E-state index in [-0.39, 0.29) is 11.3 Å². The molecule has 2 aromatic rings. The maximum Gasteiger partial charge on any atom is 0.327 e. The van der Waals surface area contributed by atoms with Crippen molar-refractivity contribution < 1.29 is 32.8 Å². The van der Waals surface area contributed by atoms with Crippen LogP contribution >= 0.6 is 0 Å². The number of carboxylic acids is 1. The Kier molecular flexibility index (Phi) is 5.40. The van der Waals surface area contributed by atoms with Crippen LogP contribution in [0.1, 0.15) is 10.4 Å². The topological polar surface area (TPSA) is 141 Å². The molecule has 8 nitrogen and oxygen atoms in total. The molecule has 0 aliphatic rings. The minimum absolute atomic E-state index is 0.0468. The lowest BCUT2D eigenvalue weighted by molar-refractivity contribution is -0.138. The Bertz CT molecular complexity index is 908. The predicted molar refractivity (Wildman–Crippen MR) is 88.8 cm³/mol. The van der Waals surface area contributed by atoms with Gasteiger partial charge in [0.05, 0.1) is 0 Å². The lowest BCUT2D eigenvalue weighted by atomic mass is 9.98. The summed E-state index contributed by atoms with van der Waals surface area (Å²) in [6.45, 7) is 0. The fraction of sp³-hybridized carbons (Fsp3) is 0.125. The molecule has 0 spiro atoms. The number of hydrogen-bond acceptors (Lipinski definition) is 5. The van der Waals surface area contributed by atoms with Gasteiger partial charge in [-0.15, -0.1) is 0 Å². The molecule has 0 fully saturated rings. The Balaban J connectivity index is 2.37. The fourth-order valence-electron chi connectivity index (χ4n) is 2.24. The number of carbonyl (C=O) groups excluding carboxylic acids is 1. The Morgan fingerprint density at radius 2 is 1.56 bits per heavy atom. The standard InChI is InChI=1S/C16H15NO7S/c18-14-8-4-3-6-11(14)10-5-1-2-7-12(10)15(19)17-13(16(20)21)9-25(22,23)24/h1-8,13,18H,9H2,(H,17,19)(H,20,21)(H,22,23,24)/t13-/m0/s1. The predicted octanol–water partition coefficient (Wildman–Crippen LogP) is 1.13. The highest BCUT2D eigenvalue weighted by molar-refractivity contribution is 7.85. The largest absolute Gasteiger partial charge is 0.507 e. The van der Waals surface area contributed by atoms with Crippen LogP contribution in [-0.4, -0.2) is 46.9 Å². The highest BCUT2D eigenvalue weighted by Gasteiger charge is 2.27. The molecular formula is C16H15NO7S. The van der Waals surface area contributed by atoms with E-state index in [4.69, 9.17) is 9.66 Å². The van der Waals surface area contributed by atoms with Gasteiger partial charge in [-0.05, 0) is 17.7 Å². The van der Waals surface area contributed by atoms with Gasteiger partial charge in [0, 0.05) is 11.1 Å². The third-order valence-electron chi connectivity index (χ3n) is 3.35. The molecular weight excluding hydrogens is 350 g/mol. The molecule has 0 aliphatic carbocycles. The molecule has 0 heterocycles. The Hall–Kier alpha value is -2.91. The van der Waals surface area contributed by atoms with Crippen LogP contribution < -0.4 is 5.32 Å². The number of aromatic hydroxyl groups is 1. The summed E-state index contributed by atoms with van der Waals surface area (Å²) in [5.41, 5.74) is 0.745. The van der Waals surface area contributed by atoms with Gasteiger partial charge in [-0.25, -0.2) is 4.79 Å². The lowest BCUT2D eigenvalue weighted by Crippen LogP contribution is -2.45. The minimum atomic E-state index is -4.60. The van der Waals surface area contributed by atoms with Gasteiger partial charge in [-0.1, -0.05) is 36.4 Å². The van der Waals surface area contributed by atoms with Crippen LogP contribution in [0.3, 0.4) is 0 Å². The molecule has 0 saturated heterocycles. The van der Waals surface area contributed by atoms with Gasteiger partial charge in [0.2, 0.25) is 0 Å². The molecule has 0 radical (unpaired) electrons. The third kappa shape index (κ3) is 4.78. The van der Waals surface area contributed by atoms with E-state index in [1.54, 1.807) is 30.3 Å². The molecule has 0 saturated carbocycles. The summed E-state index contributed by atoms with van der Waals surface area (Å²) < 4.78 is 30.6. The summed E-state index contributed by atoms with van der Waals surface area (Å²) in [7, 11) is -4.60. The van der Waals surface area contributed by atoms with Crippen LogP contribution in [0.5, 0.6) is 5.75 Å². The number of rotatable bonds is 6. The van der Waals surface area contributed by atoms with Crippen molar-refractivity contribution in [3.8, 4) is 16.9 Å². The van der Waals surface area contributed by atoms with E-state index in [2.05, 4.69) is 5.32 Å². The number of hydrogen-bond donors (Lipinski definition) is 4. The first kappa shape index (κ1) is 18.4. The van der Waals surface area contributed by atoms with E-state index in [0.29, 0.717) is 11.1 Å². The van der Waals surface area contributed by atoms with E-state index in [9.17, 15) is 23.1 Å². The summed E-state index contributed by atoms with van der Waals surface area (Å²) in [5, 5.41) is 21.0. The molecule has 0 bridgehead atoms. The van der Waals surface area contributed by atoms with Crippen LogP contribution in [0.2, 0.25) is 0 Å². The monoisotopic (exact) mass is 365 g/mol.